The summed E-state index contributed by atoms with van der Waals surface area (Å²) >= 11 is 3.88. The number of halogens is 1. The van der Waals surface area contributed by atoms with Gasteiger partial charge in [0.1, 0.15) is 4.21 Å². The first-order chi connectivity index (χ1) is 5.36. The standard InChI is InChI=1S/C7H11S4.ClH/c1-3-8-6-5-7(9-4-2)11-10-6;/h5H,3-4H2,1-2H3;1H/q+1;/p-1. The molecule has 1 aromatic rings. The SMILES string of the molecule is CCSc1cc(SCC)[s+]s1.[Cl-]. The molecule has 0 amide bonds. The Labute approximate surface area is 96.0 Å². The van der Waals surface area contributed by atoms with E-state index in [0.29, 0.717) is 0 Å². The van der Waals surface area contributed by atoms with Crippen molar-refractivity contribution >= 4 is 44.2 Å². The van der Waals surface area contributed by atoms with Crippen LogP contribution in [0, 0.1) is 0 Å². The van der Waals surface area contributed by atoms with Crippen LogP contribution in [0.4, 0.5) is 0 Å². The zero-order valence-electron chi connectivity index (χ0n) is 7.00. The molecular weight excluding hydrogens is 248 g/mol. The van der Waals surface area contributed by atoms with Gasteiger partial charge in [0.15, 0.2) is 10.3 Å². The van der Waals surface area contributed by atoms with Crippen molar-refractivity contribution in [2.24, 2.45) is 0 Å². The van der Waals surface area contributed by atoms with Gasteiger partial charge in [-0.05, 0) is 11.5 Å². The van der Waals surface area contributed by atoms with Gasteiger partial charge in [0.25, 0.3) is 4.21 Å². The Morgan fingerprint density at radius 3 is 2.58 bits per heavy atom. The third-order valence-corrected chi connectivity index (χ3v) is 6.21. The summed E-state index contributed by atoms with van der Waals surface area (Å²) < 4.78 is 2.93. The Hall–Kier alpha value is 1.04. The van der Waals surface area contributed by atoms with Gasteiger partial charge in [-0.1, -0.05) is 25.6 Å². The van der Waals surface area contributed by atoms with Crippen molar-refractivity contribution in [2.75, 3.05) is 11.5 Å². The van der Waals surface area contributed by atoms with Gasteiger partial charge in [-0.2, -0.15) is 0 Å². The third kappa shape index (κ3) is 4.33. The minimum atomic E-state index is 0. The Morgan fingerprint density at radius 2 is 2.00 bits per heavy atom. The maximum atomic E-state index is 2.30. The Balaban J connectivity index is 0.00000121. The summed E-state index contributed by atoms with van der Waals surface area (Å²) in [6.45, 7) is 4.39. The fraction of sp³-hybridized carbons (Fsp3) is 0.571. The topological polar surface area (TPSA) is 0 Å². The summed E-state index contributed by atoms with van der Waals surface area (Å²) in [5, 5.41) is 0. The summed E-state index contributed by atoms with van der Waals surface area (Å²) in [5.41, 5.74) is 0. The highest BCUT2D eigenvalue weighted by Gasteiger charge is 2.12. The molecule has 1 rings (SSSR count). The van der Waals surface area contributed by atoms with Gasteiger partial charge in [0.2, 0.25) is 0 Å². The van der Waals surface area contributed by atoms with Crippen molar-refractivity contribution < 1.29 is 12.4 Å². The molecule has 0 nitrogen and oxygen atoms in total. The van der Waals surface area contributed by atoms with E-state index in [4.69, 9.17) is 0 Å². The van der Waals surface area contributed by atoms with Crippen LogP contribution in [-0.2, 0) is 0 Å². The molecule has 0 bridgehead atoms. The van der Waals surface area contributed by atoms with Crippen molar-refractivity contribution in [1.82, 2.24) is 0 Å². The number of hydrogen-bond acceptors (Lipinski definition) is 3. The highest BCUT2D eigenvalue weighted by Crippen LogP contribution is 2.35. The van der Waals surface area contributed by atoms with Crippen molar-refractivity contribution in [3.63, 3.8) is 0 Å². The average molecular weight is 259 g/mol. The first-order valence-corrected chi connectivity index (χ1v) is 7.67. The summed E-state index contributed by atoms with van der Waals surface area (Å²) in [6.07, 6.45) is 0. The lowest BCUT2D eigenvalue weighted by molar-refractivity contribution is -0.00000211. The molecule has 5 heteroatoms. The van der Waals surface area contributed by atoms with Gasteiger partial charge in [0, 0.05) is 6.07 Å². The van der Waals surface area contributed by atoms with Crippen LogP contribution < -0.4 is 12.4 Å². The highest BCUT2D eigenvalue weighted by atomic mass is 35.5. The van der Waals surface area contributed by atoms with E-state index in [0.717, 1.165) is 0 Å². The molecule has 0 unspecified atom stereocenters. The van der Waals surface area contributed by atoms with E-state index in [9.17, 15) is 0 Å². The molecule has 0 radical (unpaired) electrons. The van der Waals surface area contributed by atoms with Gasteiger partial charge in [-0.25, -0.2) is 0 Å². The molecule has 0 atom stereocenters. The van der Waals surface area contributed by atoms with Crippen molar-refractivity contribution in [3.05, 3.63) is 6.07 Å². The van der Waals surface area contributed by atoms with Gasteiger partial charge < -0.3 is 12.4 Å². The summed E-state index contributed by atoms with van der Waals surface area (Å²) in [6, 6.07) is 2.30. The molecule has 0 N–H and O–H groups in total. The Bertz CT molecular complexity index is 190. The zero-order valence-corrected chi connectivity index (χ0v) is 11.0. The smallest absolute Gasteiger partial charge is 0.308 e. The van der Waals surface area contributed by atoms with Crippen LogP contribution in [0.1, 0.15) is 13.8 Å². The van der Waals surface area contributed by atoms with Gasteiger partial charge in [-0.3, -0.25) is 0 Å². The Morgan fingerprint density at radius 1 is 1.33 bits per heavy atom. The lowest BCUT2D eigenvalue weighted by Gasteiger charge is -1.83. The largest absolute Gasteiger partial charge is 1.00 e. The number of hydrogen-bond donors (Lipinski definition) is 0. The minimum Gasteiger partial charge on any atom is -1.00 e. The fourth-order valence-electron chi connectivity index (χ4n) is 0.642. The van der Waals surface area contributed by atoms with E-state index < -0.39 is 0 Å². The molecule has 0 saturated heterocycles. The summed E-state index contributed by atoms with van der Waals surface area (Å²) in [7, 11) is 3.80. The van der Waals surface area contributed by atoms with E-state index in [1.165, 1.54) is 19.9 Å². The van der Waals surface area contributed by atoms with Gasteiger partial charge >= 0.3 is 10.3 Å². The number of thioether (sulfide) groups is 2. The second-order valence-corrected chi connectivity index (χ2v) is 7.16. The summed E-state index contributed by atoms with van der Waals surface area (Å²) in [4.78, 5) is 0. The van der Waals surface area contributed by atoms with Crippen LogP contribution in [0.3, 0.4) is 0 Å². The first-order valence-electron chi connectivity index (χ1n) is 3.55. The third-order valence-electron chi connectivity index (χ3n) is 1.01. The quantitative estimate of drug-likeness (QED) is 0.454. The van der Waals surface area contributed by atoms with Crippen molar-refractivity contribution in [1.29, 1.82) is 0 Å². The molecule has 12 heavy (non-hydrogen) atoms. The van der Waals surface area contributed by atoms with Crippen LogP contribution in [0.25, 0.3) is 0 Å². The molecular formula is C7H11ClS4. The molecule has 1 aromatic heterocycles. The van der Waals surface area contributed by atoms with E-state index in [1.54, 1.807) is 0 Å². The zero-order chi connectivity index (χ0) is 8.10. The fourth-order valence-corrected chi connectivity index (χ4v) is 5.76. The Kier molecular flexibility index (Phi) is 8.09. The highest BCUT2D eigenvalue weighted by molar-refractivity contribution is 8.05. The van der Waals surface area contributed by atoms with E-state index in [1.807, 2.05) is 44.2 Å². The lowest BCUT2D eigenvalue weighted by Crippen LogP contribution is -3.00. The molecule has 70 valence electrons. The second-order valence-electron chi connectivity index (χ2n) is 1.82. The lowest BCUT2D eigenvalue weighted by atomic mass is 10.8. The molecule has 0 aliphatic carbocycles. The second kappa shape index (κ2) is 7.44. The van der Waals surface area contributed by atoms with E-state index in [2.05, 4.69) is 19.9 Å². The molecule has 0 saturated carbocycles. The van der Waals surface area contributed by atoms with Crippen LogP contribution in [0.2, 0.25) is 0 Å². The molecule has 0 aliphatic heterocycles. The normalized spacial score (nSPS) is 9.50. The van der Waals surface area contributed by atoms with Crippen molar-refractivity contribution in [2.45, 2.75) is 22.3 Å². The molecule has 0 spiro atoms. The molecule has 0 fully saturated rings. The maximum Gasteiger partial charge on any atom is 0.308 e. The van der Waals surface area contributed by atoms with Crippen LogP contribution >= 0.6 is 44.2 Å². The van der Waals surface area contributed by atoms with Crippen LogP contribution in [0.5, 0.6) is 0 Å². The monoisotopic (exact) mass is 258 g/mol. The van der Waals surface area contributed by atoms with Gasteiger partial charge in [-0.15, -0.1) is 11.8 Å². The number of rotatable bonds is 4. The van der Waals surface area contributed by atoms with Gasteiger partial charge in [0.05, 0.1) is 0 Å². The predicted octanol–water partition coefficient (Wildman–Crippen LogP) is 1.32. The van der Waals surface area contributed by atoms with E-state index >= 15 is 0 Å². The minimum absolute atomic E-state index is 0. The maximum absolute atomic E-state index is 2.30. The molecule has 0 aromatic carbocycles. The molecule has 0 aliphatic rings. The first kappa shape index (κ1) is 13.0. The molecule has 1 heterocycles. The van der Waals surface area contributed by atoms with Crippen LogP contribution in [-0.4, -0.2) is 11.5 Å². The predicted molar refractivity (Wildman–Crippen MR) is 59.4 cm³/mol. The summed E-state index contributed by atoms with van der Waals surface area (Å²) in [5.74, 6) is 2.37. The van der Waals surface area contributed by atoms with E-state index in [-0.39, 0.29) is 12.4 Å². The average Bonchev–Trinajstić information content (AvgIpc) is 2.38. The van der Waals surface area contributed by atoms with Crippen LogP contribution in [0.15, 0.2) is 14.5 Å². The van der Waals surface area contributed by atoms with Crippen molar-refractivity contribution in [3.8, 4) is 0 Å².